The average molecular weight is 290 g/mol. The number of carbonyl (C=O) groups is 1. The fourth-order valence-electron chi connectivity index (χ4n) is 2.90. The van der Waals surface area contributed by atoms with Crippen molar-refractivity contribution >= 4 is 6.03 Å². The molecule has 4 heteroatoms. The molecular weight excluding hydrogens is 264 g/mol. The van der Waals surface area contributed by atoms with E-state index in [2.05, 4.69) is 17.6 Å². The molecule has 0 heterocycles. The quantitative estimate of drug-likeness (QED) is 0.875. The second-order valence-corrected chi connectivity index (χ2v) is 5.87. The molecule has 1 saturated carbocycles. The van der Waals surface area contributed by atoms with Crippen molar-refractivity contribution in [2.24, 2.45) is 5.92 Å². The van der Waals surface area contributed by atoms with Gasteiger partial charge in [0.2, 0.25) is 0 Å². The van der Waals surface area contributed by atoms with Crippen LogP contribution in [0.5, 0.6) is 5.75 Å². The predicted octanol–water partition coefficient (Wildman–Crippen LogP) is 3.12. The van der Waals surface area contributed by atoms with Gasteiger partial charge in [-0.25, -0.2) is 4.79 Å². The van der Waals surface area contributed by atoms with Gasteiger partial charge in [-0.2, -0.15) is 0 Å². The molecule has 0 spiro atoms. The summed E-state index contributed by atoms with van der Waals surface area (Å²) in [5.41, 5.74) is 1.17. The molecule has 2 amide bonds. The fourth-order valence-corrected chi connectivity index (χ4v) is 2.90. The highest BCUT2D eigenvalue weighted by molar-refractivity contribution is 5.74. The topological polar surface area (TPSA) is 50.4 Å². The standard InChI is InChI=1S/C17H26N2O2/c1-13-6-3-4-9-16(13)19-17(20)18-11-10-14-7-5-8-15(12-14)21-2/h5,7-8,12-13,16H,3-4,6,9-11H2,1-2H3,(H2,18,19,20). The van der Waals surface area contributed by atoms with Crippen LogP contribution < -0.4 is 15.4 Å². The SMILES string of the molecule is COc1cccc(CCNC(=O)NC2CCCCC2C)c1. The van der Waals surface area contributed by atoms with E-state index in [1.165, 1.54) is 24.8 Å². The molecule has 1 aromatic carbocycles. The summed E-state index contributed by atoms with van der Waals surface area (Å²) < 4.78 is 5.19. The second kappa shape index (κ2) is 7.91. The van der Waals surface area contributed by atoms with Crippen LogP contribution in [0.4, 0.5) is 4.79 Å². The van der Waals surface area contributed by atoms with E-state index in [1.54, 1.807) is 7.11 Å². The monoisotopic (exact) mass is 290 g/mol. The van der Waals surface area contributed by atoms with Gasteiger partial charge in [-0.3, -0.25) is 0 Å². The van der Waals surface area contributed by atoms with Gasteiger partial charge in [-0.05, 0) is 42.9 Å². The molecule has 0 aromatic heterocycles. The molecule has 1 fully saturated rings. The molecule has 1 aliphatic carbocycles. The Hall–Kier alpha value is -1.71. The van der Waals surface area contributed by atoms with Crippen LogP contribution in [-0.4, -0.2) is 25.7 Å². The molecule has 0 radical (unpaired) electrons. The smallest absolute Gasteiger partial charge is 0.315 e. The van der Waals surface area contributed by atoms with E-state index in [-0.39, 0.29) is 6.03 Å². The number of urea groups is 1. The third-order valence-electron chi connectivity index (χ3n) is 4.26. The molecule has 1 aliphatic rings. The molecule has 2 rings (SSSR count). The lowest BCUT2D eigenvalue weighted by atomic mass is 9.86. The van der Waals surface area contributed by atoms with E-state index in [9.17, 15) is 4.79 Å². The Labute approximate surface area is 127 Å². The number of hydrogen-bond donors (Lipinski definition) is 2. The minimum Gasteiger partial charge on any atom is -0.497 e. The van der Waals surface area contributed by atoms with Crippen LogP contribution in [0.15, 0.2) is 24.3 Å². The average Bonchev–Trinajstić information content (AvgIpc) is 2.50. The summed E-state index contributed by atoms with van der Waals surface area (Å²) in [4.78, 5) is 11.9. The summed E-state index contributed by atoms with van der Waals surface area (Å²) >= 11 is 0. The van der Waals surface area contributed by atoms with Crippen molar-refractivity contribution in [2.75, 3.05) is 13.7 Å². The first-order valence-electron chi connectivity index (χ1n) is 7.86. The van der Waals surface area contributed by atoms with Crippen molar-refractivity contribution < 1.29 is 9.53 Å². The summed E-state index contributed by atoms with van der Waals surface area (Å²) in [7, 11) is 1.66. The molecule has 21 heavy (non-hydrogen) atoms. The molecule has 0 aliphatic heterocycles. The molecule has 0 bridgehead atoms. The van der Waals surface area contributed by atoms with Crippen LogP contribution in [0.1, 0.15) is 38.2 Å². The summed E-state index contributed by atoms with van der Waals surface area (Å²) in [5, 5.41) is 6.05. The Morgan fingerprint density at radius 3 is 2.90 bits per heavy atom. The van der Waals surface area contributed by atoms with E-state index in [1.807, 2.05) is 24.3 Å². The van der Waals surface area contributed by atoms with Crippen LogP contribution in [0, 0.1) is 5.92 Å². The fraction of sp³-hybridized carbons (Fsp3) is 0.588. The highest BCUT2D eigenvalue weighted by atomic mass is 16.5. The van der Waals surface area contributed by atoms with Crippen LogP contribution in [-0.2, 0) is 6.42 Å². The lowest BCUT2D eigenvalue weighted by molar-refractivity contribution is 0.222. The first-order chi connectivity index (χ1) is 10.2. The van der Waals surface area contributed by atoms with Gasteiger partial charge < -0.3 is 15.4 Å². The summed E-state index contributed by atoms with van der Waals surface area (Å²) in [6.07, 6.45) is 5.64. The van der Waals surface area contributed by atoms with Gasteiger partial charge in [0.1, 0.15) is 5.75 Å². The number of amides is 2. The van der Waals surface area contributed by atoms with Crippen LogP contribution >= 0.6 is 0 Å². The normalized spacial score (nSPS) is 21.6. The molecule has 2 unspecified atom stereocenters. The maximum atomic E-state index is 11.9. The number of benzene rings is 1. The van der Waals surface area contributed by atoms with Gasteiger partial charge in [0, 0.05) is 12.6 Å². The van der Waals surface area contributed by atoms with E-state index >= 15 is 0 Å². The zero-order chi connectivity index (χ0) is 15.1. The van der Waals surface area contributed by atoms with E-state index < -0.39 is 0 Å². The maximum absolute atomic E-state index is 11.9. The van der Waals surface area contributed by atoms with E-state index in [0.717, 1.165) is 18.6 Å². The molecule has 0 saturated heterocycles. The molecule has 1 aromatic rings. The molecule has 4 nitrogen and oxygen atoms in total. The number of rotatable bonds is 5. The highest BCUT2D eigenvalue weighted by Gasteiger charge is 2.22. The predicted molar refractivity (Wildman–Crippen MR) is 84.7 cm³/mol. The number of nitrogens with one attached hydrogen (secondary N) is 2. The van der Waals surface area contributed by atoms with Crippen LogP contribution in [0.2, 0.25) is 0 Å². The van der Waals surface area contributed by atoms with Gasteiger partial charge in [-0.1, -0.05) is 31.9 Å². The molecule has 2 N–H and O–H groups in total. The van der Waals surface area contributed by atoms with Crippen molar-refractivity contribution in [3.05, 3.63) is 29.8 Å². The zero-order valence-corrected chi connectivity index (χ0v) is 13.0. The largest absolute Gasteiger partial charge is 0.497 e. The third-order valence-corrected chi connectivity index (χ3v) is 4.26. The van der Waals surface area contributed by atoms with Gasteiger partial charge in [-0.15, -0.1) is 0 Å². The van der Waals surface area contributed by atoms with E-state index in [4.69, 9.17) is 4.74 Å². The lowest BCUT2D eigenvalue weighted by Crippen LogP contribution is -2.46. The lowest BCUT2D eigenvalue weighted by Gasteiger charge is -2.29. The Morgan fingerprint density at radius 2 is 2.14 bits per heavy atom. The molecular formula is C17H26N2O2. The zero-order valence-electron chi connectivity index (χ0n) is 13.0. The molecule has 2 atom stereocenters. The Bertz CT molecular complexity index is 462. The minimum atomic E-state index is -0.0448. The number of carbonyl (C=O) groups excluding carboxylic acids is 1. The minimum absolute atomic E-state index is 0.0448. The first kappa shape index (κ1) is 15.7. The Balaban J connectivity index is 1.71. The van der Waals surface area contributed by atoms with Crippen molar-refractivity contribution in [2.45, 2.75) is 45.1 Å². The van der Waals surface area contributed by atoms with Crippen molar-refractivity contribution in [1.82, 2.24) is 10.6 Å². The van der Waals surface area contributed by atoms with Gasteiger partial charge in [0.05, 0.1) is 7.11 Å². The summed E-state index contributed by atoms with van der Waals surface area (Å²) in [6.45, 7) is 2.86. The van der Waals surface area contributed by atoms with Gasteiger partial charge >= 0.3 is 6.03 Å². The number of methoxy groups -OCH3 is 1. The van der Waals surface area contributed by atoms with E-state index in [0.29, 0.717) is 18.5 Å². The van der Waals surface area contributed by atoms with Crippen molar-refractivity contribution in [3.8, 4) is 5.75 Å². The van der Waals surface area contributed by atoms with Gasteiger partial charge in [0.25, 0.3) is 0 Å². The number of ether oxygens (including phenoxy) is 1. The summed E-state index contributed by atoms with van der Waals surface area (Å²) in [5.74, 6) is 1.44. The maximum Gasteiger partial charge on any atom is 0.315 e. The van der Waals surface area contributed by atoms with Crippen LogP contribution in [0.3, 0.4) is 0 Å². The highest BCUT2D eigenvalue weighted by Crippen LogP contribution is 2.23. The van der Waals surface area contributed by atoms with Crippen molar-refractivity contribution in [3.63, 3.8) is 0 Å². The molecule has 116 valence electrons. The van der Waals surface area contributed by atoms with Gasteiger partial charge in [0.15, 0.2) is 0 Å². The van der Waals surface area contributed by atoms with Crippen molar-refractivity contribution in [1.29, 1.82) is 0 Å². The second-order valence-electron chi connectivity index (χ2n) is 5.87. The third kappa shape index (κ3) is 4.96. The Morgan fingerprint density at radius 1 is 1.33 bits per heavy atom. The Kier molecular flexibility index (Phi) is 5.90. The summed E-state index contributed by atoms with van der Waals surface area (Å²) in [6, 6.07) is 8.23. The first-order valence-corrected chi connectivity index (χ1v) is 7.86. The number of hydrogen-bond acceptors (Lipinski definition) is 2. The van der Waals surface area contributed by atoms with Crippen LogP contribution in [0.25, 0.3) is 0 Å².